The van der Waals surface area contributed by atoms with Crippen LogP contribution in [0.5, 0.6) is 0 Å². The highest BCUT2D eigenvalue weighted by molar-refractivity contribution is 5.37. The molecular weight excluding hydrogens is 266 g/mol. The molecule has 0 aromatic carbocycles. The van der Waals surface area contributed by atoms with Crippen molar-refractivity contribution in [1.82, 2.24) is 9.88 Å². The number of aliphatic hydroxyl groups is 1. The van der Waals surface area contributed by atoms with Crippen molar-refractivity contribution in [2.75, 3.05) is 38.7 Å². The Morgan fingerprint density at radius 3 is 2.90 bits per heavy atom. The molecule has 0 saturated carbocycles. The van der Waals surface area contributed by atoms with Crippen molar-refractivity contribution < 1.29 is 9.84 Å². The molecule has 1 aliphatic rings. The largest absolute Gasteiger partial charge is 0.388 e. The van der Waals surface area contributed by atoms with Crippen molar-refractivity contribution in [3.63, 3.8) is 0 Å². The lowest BCUT2D eigenvalue weighted by molar-refractivity contribution is -0.0777. The Balaban J connectivity index is 1.88. The number of aromatic nitrogens is 1. The maximum absolute atomic E-state index is 10.5. The predicted molar refractivity (Wildman–Crippen MR) is 84.4 cm³/mol. The van der Waals surface area contributed by atoms with Crippen LogP contribution in [-0.4, -0.2) is 53.9 Å². The first-order valence-corrected chi connectivity index (χ1v) is 7.79. The number of nitrogens with one attached hydrogen (secondary N) is 1. The highest BCUT2D eigenvalue weighted by Crippen LogP contribution is 2.22. The van der Waals surface area contributed by atoms with Crippen LogP contribution in [0.15, 0.2) is 18.3 Å². The monoisotopic (exact) mass is 293 g/mol. The number of hydrogen-bond donors (Lipinski definition) is 2. The minimum atomic E-state index is -0.608. The maximum atomic E-state index is 10.5. The maximum Gasteiger partial charge on any atom is 0.126 e. The van der Waals surface area contributed by atoms with Gasteiger partial charge in [0.05, 0.1) is 5.60 Å². The molecule has 5 heteroatoms. The number of pyridine rings is 1. The van der Waals surface area contributed by atoms with Gasteiger partial charge in [-0.3, -0.25) is 4.90 Å². The molecule has 0 bridgehead atoms. The Morgan fingerprint density at radius 2 is 2.19 bits per heavy atom. The van der Waals surface area contributed by atoms with Crippen LogP contribution in [-0.2, 0) is 11.3 Å². The van der Waals surface area contributed by atoms with E-state index in [0.717, 1.165) is 38.2 Å². The fourth-order valence-electron chi connectivity index (χ4n) is 2.70. The lowest BCUT2D eigenvalue weighted by Crippen LogP contribution is -2.45. The molecule has 2 rings (SSSR count). The summed E-state index contributed by atoms with van der Waals surface area (Å²) in [5.41, 5.74) is 0.602. The Morgan fingerprint density at radius 1 is 1.43 bits per heavy atom. The van der Waals surface area contributed by atoms with Crippen molar-refractivity contribution in [2.45, 2.75) is 38.3 Å². The van der Waals surface area contributed by atoms with E-state index >= 15 is 0 Å². The Bertz CT molecular complexity index is 433. The molecule has 118 valence electrons. The fourth-order valence-corrected chi connectivity index (χ4v) is 2.70. The predicted octanol–water partition coefficient (Wildman–Crippen LogP) is 1.88. The summed E-state index contributed by atoms with van der Waals surface area (Å²) in [6.45, 7) is 5.88. The van der Waals surface area contributed by atoms with E-state index in [9.17, 15) is 5.11 Å². The third kappa shape index (κ3) is 5.26. The van der Waals surface area contributed by atoms with E-state index in [1.165, 1.54) is 5.56 Å². The topological polar surface area (TPSA) is 57.6 Å². The highest BCUT2D eigenvalue weighted by Gasteiger charge is 2.30. The van der Waals surface area contributed by atoms with Crippen LogP contribution in [0.2, 0.25) is 0 Å². The zero-order valence-electron chi connectivity index (χ0n) is 13.1. The zero-order valence-corrected chi connectivity index (χ0v) is 13.1. The lowest BCUT2D eigenvalue weighted by Gasteiger charge is -2.35. The summed E-state index contributed by atoms with van der Waals surface area (Å²) in [5.74, 6) is 0.924. The van der Waals surface area contributed by atoms with E-state index in [2.05, 4.69) is 28.2 Å². The van der Waals surface area contributed by atoms with Gasteiger partial charge in [-0.05, 0) is 31.2 Å². The van der Waals surface area contributed by atoms with Crippen LogP contribution in [0.4, 0.5) is 5.82 Å². The lowest BCUT2D eigenvalue weighted by atomic mass is 9.94. The highest BCUT2D eigenvalue weighted by atomic mass is 16.5. The first-order valence-electron chi connectivity index (χ1n) is 7.79. The van der Waals surface area contributed by atoms with Crippen LogP contribution in [0.25, 0.3) is 0 Å². The second-order valence-electron chi connectivity index (χ2n) is 5.99. The number of rotatable bonds is 7. The van der Waals surface area contributed by atoms with Gasteiger partial charge in [-0.25, -0.2) is 4.98 Å². The van der Waals surface area contributed by atoms with Gasteiger partial charge in [0.15, 0.2) is 0 Å². The molecule has 0 spiro atoms. The summed E-state index contributed by atoms with van der Waals surface area (Å²) >= 11 is 0. The number of likely N-dealkylation sites (N-methyl/N-ethyl adjacent to an activating group) is 1. The molecule has 0 amide bonds. The third-order valence-corrected chi connectivity index (χ3v) is 3.82. The van der Waals surface area contributed by atoms with Gasteiger partial charge in [0.25, 0.3) is 0 Å². The first kappa shape index (κ1) is 16.2. The molecule has 1 saturated heterocycles. The summed E-state index contributed by atoms with van der Waals surface area (Å²) in [6.07, 6.45) is 4.36. The second-order valence-corrected chi connectivity index (χ2v) is 5.99. The standard InChI is InChI=1S/C16H27N3O2/c1-3-7-17-15-11-14(4-8-18-15)12-19(2)13-16(20)5-9-21-10-6-16/h4,8,11,20H,3,5-7,9-10,12-13H2,1-2H3,(H,17,18). The van der Waals surface area contributed by atoms with Gasteiger partial charge >= 0.3 is 0 Å². The van der Waals surface area contributed by atoms with E-state index in [4.69, 9.17) is 4.74 Å². The van der Waals surface area contributed by atoms with Crippen molar-refractivity contribution in [3.8, 4) is 0 Å². The molecule has 2 heterocycles. The third-order valence-electron chi connectivity index (χ3n) is 3.82. The van der Waals surface area contributed by atoms with Crippen molar-refractivity contribution >= 4 is 5.82 Å². The Labute approximate surface area is 127 Å². The summed E-state index contributed by atoms with van der Waals surface area (Å²) in [7, 11) is 2.05. The number of nitrogens with zero attached hydrogens (tertiary/aromatic N) is 2. The van der Waals surface area contributed by atoms with E-state index in [1.807, 2.05) is 19.3 Å². The van der Waals surface area contributed by atoms with Gasteiger partial charge in [-0.15, -0.1) is 0 Å². The molecule has 1 fully saturated rings. The summed E-state index contributed by atoms with van der Waals surface area (Å²) < 4.78 is 5.32. The average Bonchev–Trinajstić information content (AvgIpc) is 2.45. The quantitative estimate of drug-likeness (QED) is 0.804. The SMILES string of the molecule is CCCNc1cc(CN(C)CC2(O)CCOCC2)ccn1. The van der Waals surface area contributed by atoms with Gasteiger partial charge in [0.2, 0.25) is 0 Å². The molecule has 0 aliphatic carbocycles. The normalized spacial score (nSPS) is 17.9. The van der Waals surface area contributed by atoms with Crippen LogP contribution < -0.4 is 5.32 Å². The van der Waals surface area contributed by atoms with Crippen LogP contribution in [0.3, 0.4) is 0 Å². The molecule has 1 aromatic heterocycles. The summed E-state index contributed by atoms with van der Waals surface area (Å²) in [6, 6.07) is 4.11. The van der Waals surface area contributed by atoms with Crippen LogP contribution >= 0.6 is 0 Å². The summed E-state index contributed by atoms with van der Waals surface area (Å²) in [5, 5.41) is 13.8. The van der Waals surface area contributed by atoms with Gasteiger partial charge in [-0.2, -0.15) is 0 Å². The number of ether oxygens (including phenoxy) is 1. The van der Waals surface area contributed by atoms with Crippen molar-refractivity contribution in [1.29, 1.82) is 0 Å². The molecule has 21 heavy (non-hydrogen) atoms. The van der Waals surface area contributed by atoms with E-state index in [0.29, 0.717) is 19.8 Å². The van der Waals surface area contributed by atoms with Gasteiger partial charge in [0, 0.05) is 51.9 Å². The van der Waals surface area contributed by atoms with Crippen molar-refractivity contribution in [3.05, 3.63) is 23.9 Å². The molecule has 0 unspecified atom stereocenters. The van der Waals surface area contributed by atoms with Gasteiger partial charge < -0.3 is 15.2 Å². The molecule has 1 aliphatic heterocycles. The van der Waals surface area contributed by atoms with E-state index in [1.54, 1.807) is 0 Å². The van der Waals surface area contributed by atoms with Crippen molar-refractivity contribution in [2.24, 2.45) is 0 Å². The van der Waals surface area contributed by atoms with E-state index in [-0.39, 0.29) is 0 Å². The zero-order chi connectivity index (χ0) is 15.1. The molecule has 5 nitrogen and oxygen atoms in total. The minimum absolute atomic E-state index is 0.608. The Hall–Kier alpha value is -1.17. The smallest absolute Gasteiger partial charge is 0.126 e. The number of hydrogen-bond acceptors (Lipinski definition) is 5. The van der Waals surface area contributed by atoms with Crippen LogP contribution in [0.1, 0.15) is 31.7 Å². The molecule has 1 aromatic rings. The van der Waals surface area contributed by atoms with Gasteiger partial charge in [0.1, 0.15) is 5.82 Å². The fraction of sp³-hybridized carbons (Fsp3) is 0.688. The molecule has 2 N–H and O–H groups in total. The molecule has 0 atom stereocenters. The average molecular weight is 293 g/mol. The minimum Gasteiger partial charge on any atom is -0.388 e. The van der Waals surface area contributed by atoms with E-state index < -0.39 is 5.60 Å². The molecule has 0 radical (unpaired) electrons. The molecular formula is C16H27N3O2. The second kappa shape index (κ2) is 7.73. The van der Waals surface area contributed by atoms with Crippen LogP contribution in [0, 0.1) is 0 Å². The first-order chi connectivity index (χ1) is 10.1. The van der Waals surface area contributed by atoms with Gasteiger partial charge in [-0.1, -0.05) is 6.92 Å². The Kier molecular flexibility index (Phi) is 5.96. The number of anilines is 1. The summed E-state index contributed by atoms with van der Waals surface area (Å²) in [4.78, 5) is 6.49.